The normalized spacial score (nSPS) is 12.3. The van der Waals surface area contributed by atoms with Crippen molar-refractivity contribution < 1.29 is 14.2 Å². The quantitative estimate of drug-likeness (QED) is 0.774. The van der Waals surface area contributed by atoms with Crippen molar-refractivity contribution in [3.63, 3.8) is 0 Å². The molecule has 1 atom stereocenters. The van der Waals surface area contributed by atoms with Gasteiger partial charge in [0.2, 0.25) is 0 Å². The Morgan fingerprint density at radius 1 is 1.60 bits per heavy atom. The van der Waals surface area contributed by atoms with Crippen molar-refractivity contribution in [2.24, 2.45) is 0 Å². The Bertz CT molecular complexity index is 359. The van der Waals surface area contributed by atoms with Gasteiger partial charge in [-0.15, -0.1) is 0 Å². The largest absolute Gasteiger partial charge is 0.489 e. The summed E-state index contributed by atoms with van der Waals surface area (Å²) in [6.07, 6.45) is -0.749. The van der Waals surface area contributed by atoms with Gasteiger partial charge in [0.05, 0.1) is 6.10 Å². The minimum Gasteiger partial charge on any atom is -0.489 e. The molecule has 0 aromatic heterocycles. The van der Waals surface area contributed by atoms with Crippen LogP contribution in [0.1, 0.15) is 25.5 Å². The molecule has 0 aliphatic carbocycles. The second-order valence-electron chi connectivity index (χ2n) is 3.60. The van der Waals surface area contributed by atoms with E-state index in [0.717, 1.165) is 5.57 Å². The Morgan fingerprint density at radius 3 is 2.80 bits per heavy atom. The zero-order valence-electron chi connectivity index (χ0n) is 8.96. The Labute approximate surface area is 89.0 Å². The lowest BCUT2D eigenvalue weighted by molar-refractivity contribution is 0.192. The highest BCUT2D eigenvalue weighted by atomic mass is 19.1. The fourth-order valence-electron chi connectivity index (χ4n) is 1.18. The maximum absolute atomic E-state index is 12.9. The number of ether oxygens (including phenoxy) is 1. The second-order valence-corrected chi connectivity index (χ2v) is 3.60. The number of aliphatic hydroxyl groups is 1. The molecule has 0 aliphatic heterocycles. The van der Waals surface area contributed by atoms with Gasteiger partial charge >= 0.3 is 0 Å². The molecule has 1 unspecified atom stereocenters. The molecule has 15 heavy (non-hydrogen) atoms. The molecular formula is C12H15FO2. The minimum atomic E-state index is -0.749. The Kier molecular flexibility index (Phi) is 3.86. The van der Waals surface area contributed by atoms with Crippen molar-refractivity contribution in [2.45, 2.75) is 20.0 Å². The fraction of sp³-hybridized carbons (Fsp3) is 0.333. The molecule has 1 N–H and O–H groups in total. The molecule has 0 radical (unpaired) electrons. The molecule has 0 heterocycles. The second kappa shape index (κ2) is 4.94. The number of aliphatic hydroxyl groups excluding tert-OH is 1. The van der Waals surface area contributed by atoms with Crippen LogP contribution in [0.2, 0.25) is 0 Å². The zero-order valence-corrected chi connectivity index (χ0v) is 8.96. The van der Waals surface area contributed by atoms with Gasteiger partial charge in [0.25, 0.3) is 0 Å². The van der Waals surface area contributed by atoms with Crippen molar-refractivity contribution >= 4 is 0 Å². The first-order valence-electron chi connectivity index (χ1n) is 4.75. The van der Waals surface area contributed by atoms with Gasteiger partial charge in [-0.25, -0.2) is 4.39 Å². The Morgan fingerprint density at radius 2 is 2.27 bits per heavy atom. The van der Waals surface area contributed by atoms with Crippen molar-refractivity contribution in [3.8, 4) is 5.75 Å². The average molecular weight is 210 g/mol. The summed E-state index contributed by atoms with van der Waals surface area (Å²) in [6.45, 7) is 7.48. The molecular weight excluding hydrogens is 195 g/mol. The van der Waals surface area contributed by atoms with E-state index in [9.17, 15) is 9.50 Å². The van der Waals surface area contributed by atoms with Gasteiger partial charge in [-0.2, -0.15) is 0 Å². The Hall–Kier alpha value is -1.35. The third-order valence-electron chi connectivity index (χ3n) is 1.90. The number of hydrogen-bond acceptors (Lipinski definition) is 2. The molecule has 0 spiro atoms. The summed E-state index contributed by atoms with van der Waals surface area (Å²) in [5.74, 6) is 0.114. The van der Waals surface area contributed by atoms with Gasteiger partial charge in [-0.3, -0.25) is 0 Å². The lowest BCUT2D eigenvalue weighted by Gasteiger charge is -2.13. The van der Waals surface area contributed by atoms with E-state index >= 15 is 0 Å². The fourth-order valence-corrected chi connectivity index (χ4v) is 1.18. The van der Waals surface area contributed by atoms with E-state index < -0.39 is 6.10 Å². The van der Waals surface area contributed by atoms with Crippen molar-refractivity contribution in [1.29, 1.82) is 0 Å². The molecule has 3 heteroatoms. The summed E-state index contributed by atoms with van der Waals surface area (Å²) in [6, 6.07) is 4.10. The SMILES string of the molecule is C=C(C)COc1ccc(F)cc1C(C)O. The third-order valence-corrected chi connectivity index (χ3v) is 1.90. The first-order chi connectivity index (χ1) is 7.00. The lowest BCUT2D eigenvalue weighted by Crippen LogP contribution is -2.03. The summed E-state index contributed by atoms with van der Waals surface area (Å²) in [7, 11) is 0. The van der Waals surface area contributed by atoms with Crippen LogP contribution in [-0.4, -0.2) is 11.7 Å². The van der Waals surface area contributed by atoms with Gasteiger partial charge in [-0.05, 0) is 37.6 Å². The third kappa shape index (κ3) is 3.36. The molecule has 0 amide bonds. The van der Waals surface area contributed by atoms with E-state index in [1.165, 1.54) is 18.2 Å². The van der Waals surface area contributed by atoms with Gasteiger partial charge in [0.1, 0.15) is 18.2 Å². The van der Waals surface area contributed by atoms with E-state index in [-0.39, 0.29) is 5.82 Å². The van der Waals surface area contributed by atoms with Crippen LogP contribution in [0.3, 0.4) is 0 Å². The predicted molar refractivity (Wildman–Crippen MR) is 57.3 cm³/mol. The van der Waals surface area contributed by atoms with Crippen molar-refractivity contribution in [3.05, 3.63) is 41.7 Å². The molecule has 82 valence electrons. The van der Waals surface area contributed by atoms with Gasteiger partial charge in [0.15, 0.2) is 0 Å². The van der Waals surface area contributed by atoms with Crippen molar-refractivity contribution in [2.75, 3.05) is 6.61 Å². The standard InChI is InChI=1S/C12H15FO2/c1-8(2)7-15-12-5-4-10(13)6-11(12)9(3)14/h4-6,9,14H,1,7H2,2-3H3. The number of halogens is 1. The molecule has 1 rings (SSSR count). The molecule has 1 aromatic carbocycles. The number of hydrogen-bond donors (Lipinski definition) is 1. The van der Waals surface area contributed by atoms with E-state index in [1.54, 1.807) is 6.92 Å². The smallest absolute Gasteiger partial charge is 0.125 e. The van der Waals surface area contributed by atoms with Gasteiger partial charge in [0, 0.05) is 5.56 Å². The Balaban J connectivity index is 2.90. The first-order valence-corrected chi connectivity index (χ1v) is 4.75. The van der Waals surface area contributed by atoms with Crippen LogP contribution in [0, 0.1) is 5.82 Å². The summed E-state index contributed by atoms with van der Waals surface area (Å²) < 4.78 is 18.3. The highest BCUT2D eigenvalue weighted by Crippen LogP contribution is 2.26. The summed E-state index contributed by atoms with van der Waals surface area (Å²) in [5.41, 5.74) is 1.33. The first kappa shape index (κ1) is 11.7. The van der Waals surface area contributed by atoms with Crippen molar-refractivity contribution in [1.82, 2.24) is 0 Å². The summed E-state index contributed by atoms with van der Waals surface area (Å²) in [5, 5.41) is 9.43. The topological polar surface area (TPSA) is 29.5 Å². The number of benzene rings is 1. The summed E-state index contributed by atoms with van der Waals surface area (Å²) in [4.78, 5) is 0. The van der Waals surface area contributed by atoms with Crippen LogP contribution >= 0.6 is 0 Å². The van der Waals surface area contributed by atoms with Gasteiger partial charge in [-0.1, -0.05) is 6.58 Å². The van der Waals surface area contributed by atoms with Crippen LogP contribution in [0.5, 0.6) is 5.75 Å². The van der Waals surface area contributed by atoms with Crippen LogP contribution in [0.15, 0.2) is 30.4 Å². The van der Waals surface area contributed by atoms with Crippen LogP contribution in [0.25, 0.3) is 0 Å². The highest BCUT2D eigenvalue weighted by molar-refractivity contribution is 5.35. The monoisotopic (exact) mass is 210 g/mol. The van der Waals surface area contributed by atoms with Crippen LogP contribution in [0.4, 0.5) is 4.39 Å². The van der Waals surface area contributed by atoms with E-state index in [2.05, 4.69) is 6.58 Å². The maximum Gasteiger partial charge on any atom is 0.125 e. The highest BCUT2D eigenvalue weighted by Gasteiger charge is 2.10. The molecule has 0 fully saturated rings. The number of rotatable bonds is 4. The predicted octanol–water partition coefficient (Wildman–Crippen LogP) is 2.83. The minimum absolute atomic E-state index is 0.366. The lowest BCUT2D eigenvalue weighted by atomic mass is 10.1. The molecule has 1 aromatic rings. The van der Waals surface area contributed by atoms with Crippen LogP contribution < -0.4 is 4.74 Å². The molecule has 2 nitrogen and oxygen atoms in total. The zero-order chi connectivity index (χ0) is 11.4. The molecule has 0 saturated carbocycles. The van der Waals surface area contributed by atoms with Gasteiger partial charge < -0.3 is 9.84 Å². The molecule has 0 bridgehead atoms. The van der Waals surface area contributed by atoms with E-state index in [1.807, 2.05) is 6.92 Å². The van der Waals surface area contributed by atoms with E-state index in [0.29, 0.717) is 17.9 Å². The van der Waals surface area contributed by atoms with Crippen LogP contribution in [-0.2, 0) is 0 Å². The van der Waals surface area contributed by atoms with E-state index in [4.69, 9.17) is 4.74 Å². The summed E-state index contributed by atoms with van der Waals surface area (Å²) >= 11 is 0. The maximum atomic E-state index is 12.9. The molecule has 0 saturated heterocycles. The average Bonchev–Trinajstić information content (AvgIpc) is 2.15. The molecule has 0 aliphatic rings.